The number of rotatable bonds is 15. The number of hydrogen-bond acceptors (Lipinski definition) is 14. The van der Waals surface area contributed by atoms with Crippen molar-refractivity contribution in [2.45, 2.75) is 70.9 Å². The fraction of sp³-hybridized carbons (Fsp3) is 0.421. The number of amides is 2. The highest BCUT2D eigenvalue weighted by Gasteiger charge is 2.30. The van der Waals surface area contributed by atoms with Gasteiger partial charge in [0.2, 0.25) is 5.95 Å². The summed E-state index contributed by atoms with van der Waals surface area (Å²) in [6, 6.07) is 3.55. The van der Waals surface area contributed by atoms with Crippen molar-refractivity contribution in [3.05, 3.63) is 69.9 Å². The number of nitrogens with one attached hydrogen (secondary N) is 1. The number of piperazine rings is 1. The van der Waals surface area contributed by atoms with Gasteiger partial charge < -0.3 is 30.1 Å². The smallest absolute Gasteiger partial charge is 0.347 e. The van der Waals surface area contributed by atoms with Crippen LogP contribution in [-0.4, -0.2) is 114 Å². The first-order valence-corrected chi connectivity index (χ1v) is 18.4. The van der Waals surface area contributed by atoms with Gasteiger partial charge in [-0.2, -0.15) is 4.98 Å². The topological polar surface area (TPSA) is 235 Å². The Bertz CT molecular complexity index is 2170. The molecule has 0 radical (unpaired) electrons. The first kappa shape index (κ1) is 39.2. The Morgan fingerprint density at radius 2 is 1.66 bits per heavy atom. The summed E-state index contributed by atoms with van der Waals surface area (Å²) in [5, 5.41) is 23.1. The zero-order chi connectivity index (χ0) is 40.1. The molecule has 294 valence electrons. The summed E-state index contributed by atoms with van der Waals surface area (Å²) in [4.78, 5) is 104. The number of carboxylic acid groups (broad SMARTS) is 2. The molecule has 1 saturated heterocycles. The molecule has 3 aromatic rings. The van der Waals surface area contributed by atoms with Gasteiger partial charge in [0.05, 0.1) is 17.4 Å². The molecule has 3 aromatic heterocycles. The van der Waals surface area contributed by atoms with E-state index in [4.69, 9.17) is 9.72 Å². The SMILES string of the molecule is CC(=O)c1c(C)c2cnc(Nc3ccc(N4CCN(C=C(C(=O)O)C(=O)OC(CCCCN5C(=O)C=CC5=O)C(=O)O)CC4)cn3)nc2n(C2CCCC2)c1=O. The Balaban J connectivity index is 1.05. The van der Waals surface area contributed by atoms with Crippen molar-refractivity contribution in [2.75, 3.05) is 42.9 Å². The number of aromatic nitrogens is 4. The first-order valence-electron chi connectivity index (χ1n) is 18.4. The molecule has 6 rings (SSSR count). The number of fused-ring (bicyclic) bond motifs is 1. The summed E-state index contributed by atoms with van der Waals surface area (Å²) >= 11 is 0. The minimum atomic E-state index is -1.62. The lowest BCUT2D eigenvalue weighted by Crippen LogP contribution is -2.44. The summed E-state index contributed by atoms with van der Waals surface area (Å²) < 4.78 is 6.72. The number of carbonyl (C=O) groups is 6. The zero-order valence-electron chi connectivity index (χ0n) is 31.0. The predicted molar refractivity (Wildman–Crippen MR) is 200 cm³/mol. The van der Waals surface area contributed by atoms with Crippen LogP contribution in [0.1, 0.15) is 73.8 Å². The Morgan fingerprint density at radius 3 is 2.27 bits per heavy atom. The number of carboxylic acids is 2. The molecular weight excluding hydrogens is 728 g/mol. The lowest BCUT2D eigenvalue weighted by Gasteiger charge is -2.35. The molecule has 56 heavy (non-hydrogen) atoms. The molecule has 18 heteroatoms. The van der Waals surface area contributed by atoms with Gasteiger partial charge in [0, 0.05) is 68.7 Å². The van der Waals surface area contributed by atoms with Gasteiger partial charge in [-0.1, -0.05) is 12.8 Å². The molecule has 0 spiro atoms. The Hall–Kier alpha value is -6.46. The van der Waals surface area contributed by atoms with Crippen molar-refractivity contribution in [1.82, 2.24) is 29.3 Å². The standard InChI is InChI=1S/C38H42N8O10/c1-22-26-20-40-38(42-33(26)46(24-7-3-4-8-24)34(50)32(22)23(2)47)41-29-11-10-25(19-39-29)44-17-15-43(16-18-44)21-27(35(51)52)37(55)56-28(36(53)54)9-5-6-14-45-30(48)12-13-31(45)49/h10-13,19-21,24,28H,3-9,14-18H2,1-2H3,(H,51,52)(H,53,54)(H,39,40,41,42). The van der Waals surface area contributed by atoms with E-state index in [9.17, 15) is 43.8 Å². The third-order valence-electron chi connectivity index (χ3n) is 10.2. The fourth-order valence-electron chi connectivity index (χ4n) is 7.23. The van der Waals surface area contributed by atoms with Crippen LogP contribution in [0.2, 0.25) is 0 Å². The van der Waals surface area contributed by atoms with E-state index in [2.05, 4.69) is 15.3 Å². The van der Waals surface area contributed by atoms with Crippen molar-refractivity contribution >= 4 is 64.0 Å². The second kappa shape index (κ2) is 16.9. The maximum Gasteiger partial charge on any atom is 0.347 e. The quantitative estimate of drug-likeness (QED) is 0.0383. The van der Waals surface area contributed by atoms with E-state index in [1.54, 1.807) is 34.9 Å². The molecule has 3 aliphatic rings. The summed E-state index contributed by atoms with van der Waals surface area (Å²) in [5.74, 6) is -4.82. The summed E-state index contributed by atoms with van der Waals surface area (Å²) in [6.07, 6.45) is 9.07. The summed E-state index contributed by atoms with van der Waals surface area (Å²) in [6.45, 7) is 4.79. The molecule has 1 atom stereocenters. The Labute approximate surface area is 320 Å². The summed E-state index contributed by atoms with van der Waals surface area (Å²) in [7, 11) is 0. The van der Waals surface area contributed by atoms with Crippen LogP contribution in [0.3, 0.4) is 0 Å². The van der Waals surface area contributed by atoms with Gasteiger partial charge in [-0.05, 0) is 63.6 Å². The molecule has 0 bridgehead atoms. The molecule has 0 aromatic carbocycles. The lowest BCUT2D eigenvalue weighted by atomic mass is 10.0. The molecule has 2 fully saturated rings. The van der Waals surface area contributed by atoms with Crippen LogP contribution in [-0.2, 0) is 28.7 Å². The highest BCUT2D eigenvalue weighted by molar-refractivity contribution is 6.14. The molecule has 5 heterocycles. The minimum absolute atomic E-state index is 0.0532. The number of aliphatic carboxylic acids is 2. The number of esters is 1. The lowest BCUT2D eigenvalue weighted by molar-refractivity contribution is -0.163. The monoisotopic (exact) mass is 770 g/mol. The molecule has 2 amide bonds. The summed E-state index contributed by atoms with van der Waals surface area (Å²) in [5.41, 5.74) is 0.916. The highest BCUT2D eigenvalue weighted by atomic mass is 16.6. The van der Waals surface area contributed by atoms with E-state index >= 15 is 0 Å². The van der Waals surface area contributed by atoms with Crippen LogP contribution < -0.4 is 15.8 Å². The second-order valence-corrected chi connectivity index (χ2v) is 13.9. The molecular formula is C38H42N8O10. The van der Waals surface area contributed by atoms with Crippen LogP contribution in [0.5, 0.6) is 0 Å². The number of hydrogen-bond donors (Lipinski definition) is 3. The molecule has 1 saturated carbocycles. The average Bonchev–Trinajstić information content (AvgIpc) is 3.81. The number of Topliss-reactive ketones (excluding diaryl/α,β-unsaturated/α-hetero) is 1. The fourth-order valence-corrected chi connectivity index (χ4v) is 7.23. The number of carbonyl (C=O) groups excluding carboxylic acids is 4. The van der Waals surface area contributed by atoms with E-state index in [0.29, 0.717) is 48.6 Å². The number of aryl methyl sites for hydroxylation is 1. The van der Waals surface area contributed by atoms with Gasteiger partial charge in [0.15, 0.2) is 17.5 Å². The van der Waals surface area contributed by atoms with Crippen molar-refractivity contribution < 1.29 is 43.7 Å². The van der Waals surface area contributed by atoms with Crippen LogP contribution in [0.25, 0.3) is 11.0 Å². The maximum absolute atomic E-state index is 13.5. The van der Waals surface area contributed by atoms with E-state index < -0.39 is 41.4 Å². The Morgan fingerprint density at radius 1 is 0.964 bits per heavy atom. The molecule has 2 aliphatic heterocycles. The third kappa shape index (κ3) is 8.58. The van der Waals surface area contributed by atoms with Gasteiger partial charge in [0.25, 0.3) is 17.4 Å². The van der Waals surface area contributed by atoms with Gasteiger partial charge in [-0.25, -0.2) is 24.4 Å². The average molecular weight is 771 g/mol. The van der Waals surface area contributed by atoms with Crippen LogP contribution in [0.4, 0.5) is 17.5 Å². The van der Waals surface area contributed by atoms with Crippen LogP contribution in [0, 0.1) is 6.92 Å². The van der Waals surface area contributed by atoms with E-state index in [0.717, 1.165) is 54.6 Å². The normalized spacial score (nSPS) is 16.8. The number of imide groups is 1. The first-order chi connectivity index (χ1) is 26.8. The van der Waals surface area contributed by atoms with Gasteiger partial charge >= 0.3 is 17.9 Å². The second-order valence-electron chi connectivity index (χ2n) is 13.9. The number of nitrogens with zero attached hydrogens (tertiary/aromatic N) is 7. The van der Waals surface area contributed by atoms with Crippen molar-refractivity contribution in [3.63, 3.8) is 0 Å². The van der Waals surface area contributed by atoms with Crippen molar-refractivity contribution in [1.29, 1.82) is 0 Å². The molecule has 1 unspecified atom stereocenters. The zero-order valence-corrected chi connectivity index (χ0v) is 31.0. The number of unbranched alkanes of at least 4 members (excludes halogenated alkanes) is 1. The van der Waals surface area contributed by atoms with Crippen LogP contribution >= 0.6 is 0 Å². The predicted octanol–water partition coefficient (Wildman–Crippen LogP) is 2.74. The number of pyridine rings is 2. The van der Waals surface area contributed by atoms with Gasteiger partial charge in [-0.15, -0.1) is 0 Å². The molecule has 1 aliphatic carbocycles. The van der Waals surface area contributed by atoms with E-state index in [-0.39, 0.29) is 54.7 Å². The Kier molecular flexibility index (Phi) is 11.9. The number of ketones is 1. The molecule has 18 nitrogen and oxygen atoms in total. The highest BCUT2D eigenvalue weighted by Crippen LogP contribution is 2.32. The van der Waals surface area contributed by atoms with Crippen molar-refractivity contribution in [3.8, 4) is 0 Å². The minimum Gasteiger partial charge on any atom is -0.479 e. The van der Waals surface area contributed by atoms with Crippen LogP contribution in [0.15, 0.2) is 53.2 Å². The largest absolute Gasteiger partial charge is 0.479 e. The van der Waals surface area contributed by atoms with E-state index in [1.165, 1.54) is 6.92 Å². The number of ether oxygens (including phenoxy) is 1. The van der Waals surface area contributed by atoms with Gasteiger partial charge in [0.1, 0.15) is 11.5 Å². The maximum atomic E-state index is 13.5. The number of anilines is 3. The molecule has 3 N–H and O–H groups in total. The van der Waals surface area contributed by atoms with E-state index in [1.807, 2.05) is 11.0 Å². The van der Waals surface area contributed by atoms with Crippen molar-refractivity contribution in [2.24, 2.45) is 0 Å². The third-order valence-corrected chi connectivity index (χ3v) is 10.2. The van der Waals surface area contributed by atoms with Gasteiger partial charge in [-0.3, -0.25) is 28.6 Å².